The average Bonchev–Trinajstić information content (AvgIpc) is 3.51. The summed E-state index contributed by atoms with van der Waals surface area (Å²) in [5, 5.41) is 7.52. The highest BCUT2D eigenvalue weighted by molar-refractivity contribution is 6.09. The molecule has 0 spiro atoms. The molecule has 2 N–H and O–H groups in total. The summed E-state index contributed by atoms with van der Waals surface area (Å²) in [6.45, 7) is 4.95. The Morgan fingerprint density at radius 2 is 1.70 bits per heavy atom. The van der Waals surface area contributed by atoms with Gasteiger partial charge < -0.3 is 15.2 Å². The van der Waals surface area contributed by atoms with Crippen LogP contribution in [0.15, 0.2) is 66.7 Å². The Hall–Kier alpha value is -3.67. The van der Waals surface area contributed by atoms with Gasteiger partial charge in [0.2, 0.25) is 0 Å². The predicted octanol–water partition coefficient (Wildman–Crippen LogP) is 7.38. The van der Waals surface area contributed by atoms with Crippen LogP contribution in [0, 0.1) is 11.6 Å². The fourth-order valence-corrected chi connectivity index (χ4v) is 5.46. The average molecular weight is 502 g/mol. The molecule has 192 valence electrons. The Labute approximate surface area is 216 Å². The van der Waals surface area contributed by atoms with E-state index < -0.39 is 11.6 Å². The van der Waals surface area contributed by atoms with Gasteiger partial charge in [0.15, 0.2) is 11.6 Å². The van der Waals surface area contributed by atoms with Crippen molar-refractivity contribution >= 4 is 22.5 Å². The lowest BCUT2D eigenvalue weighted by molar-refractivity contribution is 0.0951. The fourth-order valence-electron chi connectivity index (χ4n) is 5.46. The van der Waals surface area contributed by atoms with Gasteiger partial charge in [-0.05, 0) is 60.2 Å². The molecule has 4 aromatic rings. The standard InChI is InChI=1S/C31H33F2N3O/c1-20(2)30-29(31(37)34-18-22-12-15-26(32)27(33)16-22)25-14-13-24(35-23-10-6-7-11-23)17-28(25)36(30)19-21-8-4-3-5-9-21/h3-5,8-9,12-17,20,23,35H,6-7,10-11,18-19H2,1-2H3,(H,34,37). The molecule has 5 rings (SSSR count). The lowest BCUT2D eigenvalue weighted by Gasteiger charge is -2.16. The highest BCUT2D eigenvalue weighted by Gasteiger charge is 2.25. The number of carbonyl (C=O) groups is 1. The van der Waals surface area contributed by atoms with E-state index in [1.807, 2.05) is 24.3 Å². The number of hydrogen-bond donors (Lipinski definition) is 2. The summed E-state index contributed by atoms with van der Waals surface area (Å²) in [5.41, 5.74) is 5.33. The van der Waals surface area contributed by atoms with Gasteiger partial charge in [0, 0.05) is 35.9 Å². The van der Waals surface area contributed by atoms with E-state index in [1.165, 1.54) is 31.7 Å². The van der Waals surface area contributed by atoms with Crippen molar-refractivity contribution < 1.29 is 13.6 Å². The van der Waals surface area contributed by atoms with E-state index in [-0.39, 0.29) is 18.4 Å². The molecule has 1 fully saturated rings. The summed E-state index contributed by atoms with van der Waals surface area (Å²) >= 11 is 0. The highest BCUT2D eigenvalue weighted by Crippen LogP contribution is 2.34. The molecule has 0 radical (unpaired) electrons. The van der Waals surface area contributed by atoms with E-state index in [4.69, 9.17) is 0 Å². The van der Waals surface area contributed by atoms with E-state index in [1.54, 1.807) is 0 Å². The smallest absolute Gasteiger partial charge is 0.254 e. The molecule has 0 aliphatic heterocycles. The van der Waals surface area contributed by atoms with Gasteiger partial charge in [-0.3, -0.25) is 4.79 Å². The second kappa shape index (κ2) is 10.8. The summed E-state index contributed by atoms with van der Waals surface area (Å²) in [7, 11) is 0. The Bertz CT molecular complexity index is 1410. The van der Waals surface area contributed by atoms with Crippen molar-refractivity contribution in [3.05, 3.63) is 101 Å². The molecule has 3 aromatic carbocycles. The number of carbonyl (C=O) groups excluding carboxylic acids is 1. The first kappa shape index (κ1) is 25.0. The SMILES string of the molecule is CC(C)c1c(C(=O)NCc2ccc(F)c(F)c2)c2ccc(NC3CCCC3)cc2n1Cc1ccccc1. The minimum atomic E-state index is -0.920. The van der Waals surface area contributed by atoms with Crippen molar-refractivity contribution in [2.24, 2.45) is 0 Å². The van der Waals surface area contributed by atoms with Gasteiger partial charge in [-0.2, -0.15) is 0 Å². The lowest BCUT2D eigenvalue weighted by atomic mass is 10.0. The molecular formula is C31H33F2N3O. The zero-order valence-electron chi connectivity index (χ0n) is 21.4. The number of fused-ring (bicyclic) bond motifs is 1. The van der Waals surface area contributed by atoms with Gasteiger partial charge in [-0.15, -0.1) is 0 Å². The number of nitrogens with zero attached hydrogens (tertiary/aromatic N) is 1. The van der Waals surface area contributed by atoms with Gasteiger partial charge in [0.05, 0.1) is 11.1 Å². The van der Waals surface area contributed by atoms with E-state index in [9.17, 15) is 13.6 Å². The molecule has 1 aromatic heterocycles. The van der Waals surface area contributed by atoms with Crippen LogP contribution in [-0.4, -0.2) is 16.5 Å². The maximum atomic E-state index is 13.7. The van der Waals surface area contributed by atoms with Crippen LogP contribution in [-0.2, 0) is 13.1 Å². The van der Waals surface area contributed by atoms with Crippen molar-refractivity contribution in [2.75, 3.05) is 5.32 Å². The zero-order valence-corrected chi connectivity index (χ0v) is 21.4. The Morgan fingerprint density at radius 1 is 0.946 bits per heavy atom. The molecule has 0 unspecified atom stereocenters. The number of nitrogens with one attached hydrogen (secondary N) is 2. The number of amides is 1. The van der Waals surface area contributed by atoms with Crippen LogP contribution in [0.25, 0.3) is 10.9 Å². The van der Waals surface area contributed by atoms with Gasteiger partial charge in [-0.25, -0.2) is 8.78 Å². The van der Waals surface area contributed by atoms with Crippen LogP contribution in [0.5, 0.6) is 0 Å². The Kier molecular flexibility index (Phi) is 7.26. The monoisotopic (exact) mass is 501 g/mol. The molecule has 0 bridgehead atoms. The Balaban J connectivity index is 1.55. The molecule has 1 aliphatic rings. The summed E-state index contributed by atoms with van der Waals surface area (Å²) in [6.07, 6.45) is 4.87. The van der Waals surface area contributed by atoms with Gasteiger partial charge in [-0.1, -0.05) is 63.1 Å². The predicted molar refractivity (Wildman–Crippen MR) is 145 cm³/mol. The second-order valence-electron chi connectivity index (χ2n) is 10.3. The van der Waals surface area contributed by atoms with Gasteiger partial charge in [0.25, 0.3) is 5.91 Å². The molecule has 0 atom stereocenters. The van der Waals surface area contributed by atoms with E-state index in [0.29, 0.717) is 23.7 Å². The zero-order chi connectivity index (χ0) is 25.9. The van der Waals surface area contributed by atoms with E-state index in [2.05, 4.69) is 53.3 Å². The third-order valence-corrected chi connectivity index (χ3v) is 7.23. The summed E-state index contributed by atoms with van der Waals surface area (Å²) in [4.78, 5) is 13.6. The topological polar surface area (TPSA) is 46.1 Å². The third-order valence-electron chi connectivity index (χ3n) is 7.23. The largest absolute Gasteiger partial charge is 0.382 e. The summed E-state index contributed by atoms with van der Waals surface area (Å²) < 4.78 is 29.3. The van der Waals surface area contributed by atoms with E-state index in [0.717, 1.165) is 40.0 Å². The molecule has 6 heteroatoms. The maximum absolute atomic E-state index is 13.7. The second-order valence-corrected chi connectivity index (χ2v) is 10.3. The first-order valence-corrected chi connectivity index (χ1v) is 13.1. The maximum Gasteiger partial charge on any atom is 0.254 e. The normalized spacial score (nSPS) is 14.0. The van der Waals surface area contributed by atoms with Crippen molar-refractivity contribution in [3.63, 3.8) is 0 Å². The summed E-state index contributed by atoms with van der Waals surface area (Å²) in [6, 6.07) is 20.7. The third kappa shape index (κ3) is 5.38. The first-order chi connectivity index (χ1) is 17.9. The highest BCUT2D eigenvalue weighted by atomic mass is 19.2. The van der Waals surface area contributed by atoms with Crippen molar-refractivity contribution in [1.29, 1.82) is 0 Å². The number of hydrogen-bond acceptors (Lipinski definition) is 2. The molecule has 1 heterocycles. The van der Waals surface area contributed by atoms with Crippen LogP contribution < -0.4 is 10.6 Å². The Morgan fingerprint density at radius 3 is 2.41 bits per heavy atom. The number of aromatic nitrogens is 1. The number of benzene rings is 3. The minimum Gasteiger partial charge on any atom is -0.382 e. The van der Waals surface area contributed by atoms with Gasteiger partial charge >= 0.3 is 0 Å². The van der Waals surface area contributed by atoms with Crippen molar-refractivity contribution in [1.82, 2.24) is 9.88 Å². The molecule has 1 aliphatic carbocycles. The van der Waals surface area contributed by atoms with Crippen LogP contribution in [0.2, 0.25) is 0 Å². The number of halogens is 2. The molecule has 1 saturated carbocycles. The van der Waals surface area contributed by atoms with E-state index >= 15 is 0 Å². The molecule has 0 saturated heterocycles. The quantitative estimate of drug-likeness (QED) is 0.265. The molecule has 1 amide bonds. The lowest BCUT2D eigenvalue weighted by Crippen LogP contribution is -2.24. The van der Waals surface area contributed by atoms with Crippen molar-refractivity contribution in [2.45, 2.75) is 64.6 Å². The van der Waals surface area contributed by atoms with Crippen LogP contribution in [0.1, 0.15) is 72.6 Å². The fraction of sp³-hybridized carbons (Fsp3) is 0.323. The first-order valence-electron chi connectivity index (χ1n) is 13.1. The molecule has 4 nitrogen and oxygen atoms in total. The van der Waals surface area contributed by atoms with Crippen LogP contribution >= 0.6 is 0 Å². The molecular weight excluding hydrogens is 468 g/mol. The van der Waals surface area contributed by atoms with Gasteiger partial charge in [0.1, 0.15) is 0 Å². The molecule has 37 heavy (non-hydrogen) atoms. The van der Waals surface area contributed by atoms with Crippen LogP contribution in [0.4, 0.5) is 14.5 Å². The van der Waals surface area contributed by atoms with Crippen LogP contribution in [0.3, 0.4) is 0 Å². The summed E-state index contributed by atoms with van der Waals surface area (Å²) in [5.74, 6) is -1.95. The van der Waals surface area contributed by atoms with Crippen molar-refractivity contribution in [3.8, 4) is 0 Å². The number of rotatable bonds is 8. The minimum absolute atomic E-state index is 0.0892. The number of anilines is 1.